The molecule has 1 saturated carbocycles. The number of hydrogen-bond donors (Lipinski definition) is 1. The van der Waals surface area contributed by atoms with E-state index in [1.165, 1.54) is 44.6 Å². The summed E-state index contributed by atoms with van der Waals surface area (Å²) in [6, 6.07) is 3.97. The van der Waals surface area contributed by atoms with Crippen molar-refractivity contribution in [2.45, 2.75) is 38.5 Å². The highest BCUT2D eigenvalue weighted by Crippen LogP contribution is 2.25. The van der Waals surface area contributed by atoms with Crippen LogP contribution in [0.4, 0.5) is 15.8 Å². The predicted octanol–water partition coefficient (Wildman–Crippen LogP) is 4.12. The molecular formula is C14H19FN2O2. The highest BCUT2D eigenvalue weighted by molar-refractivity contribution is 5.51. The van der Waals surface area contributed by atoms with Crippen LogP contribution in [0.1, 0.15) is 38.5 Å². The van der Waals surface area contributed by atoms with Crippen molar-refractivity contribution in [2.75, 3.05) is 11.9 Å². The Hall–Kier alpha value is -1.65. The number of anilines is 1. The topological polar surface area (TPSA) is 55.2 Å². The summed E-state index contributed by atoms with van der Waals surface area (Å²) in [5.41, 5.74) is 0.156. The number of rotatable bonds is 4. The van der Waals surface area contributed by atoms with Crippen LogP contribution in [0.3, 0.4) is 0 Å². The largest absolute Gasteiger partial charge is 0.385 e. The summed E-state index contributed by atoms with van der Waals surface area (Å²) in [6.45, 7) is 0.808. The van der Waals surface area contributed by atoms with Gasteiger partial charge in [-0.1, -0.05) is 25.7 Å². The lowest BCUT2D eigenvalue weighted by molar-refractivity contribution is -0.387. The van der Waals surface area contributed by atoms with Crippen LogP contribution in [0.25, 0.3) is 0 Å². The van der Waals surface area contributed by atoms with Gasteiger partial charge < -0.3 is 5.32 Å². The Morgan fingerprint density at radius 1 is 1.26 bits per heavy atom. The summed E-state index contributed by atoms with van der Waals surface area (Å²) in [5.74, 6) is -0.170. The third kappa shape index (κ3) is 3.91. The zero-order valence-corrected chi connectivity index (χ0v) is 10.9. The maximum Gasteiger partial charge on any atom is 0.306 e. The molecular weight excluding hydrogens is 247 g/mol. The Balaban J connectivity index is 1.95. The average Bonchev–Trinajstić information content (AvgIpc) is 2.66. The first kappa shape index (κ1) is 13.8. The van der Waals surface area contributed by atoms with E-state index in [0.29, 0.717) is 11.6 Å². The number of benzene rings is 1. The van der Waals surface area contributed by atoms with Gasteiger partial charge >= 0.3 is 5.69 Å². The van der Waals surface area contributed by atoms with Crippen molar-refractivity contribution in [3.63, 3.8) is 0 Å². The molecule has 0 heterocycles. The molecule has 0 unspecified atom stereocenters. The van der Waals surface area contributed by atoms with Gasteiger partial charge in [0.2, 0.25) is 5.82 Å². The van der Waals surface area contributed by atoms with Crippen molar-refractivity contribution in [3.05, 3.63) is 34.1 Å². The molecule has 0 radical (unpaired) electrons. The number of nitrogens with zero attached hydrogens (tertiary/aromatic N) is 1. The Morgan fingerprint density at radius 3 is 2.58 bits per heavy atom. The zero-order valence-electron chi connectivity index (χ0n) is 10.9. The van der Waals surface area contributed by atoms with Crippen molar-refractivity contribution in [3.8, 4) is 0 Å². The first-order valence-corrected chi connectivity index (χ1v) is 6.84. The van der Waals surface area contributed by atoms with Crippen LogP contribution in [0.5, 0.6) is 0 Å². The minimum absolute atomic E-state index is 0.467. The van der Waals surface area contributed by atoms with Crippen LogP contribution >= 0.6 is 0 Å². The minimum atomic E-state index is -0.787. The lowest BCUT2D eigenvalue weighted by Crippen LogP contribution is -2.13. The molecule has 0 atom stereocenters. The minimum Gasteiger partial charge on any atom is -0.385 e. The molecule has 0 aromatic heterocycles. The Kier molecular flexibility index (Phi) is 4.71. The van der Waals surface area contributed by atoms with Crippen LogP contribution in [0.15, 0.2) is 18.2 Å². The summed E-state index contributed by atoms with van der Waals surface area (Å²) < 4.78 is 13.2. The second-order valence-electron chi connectivity index (χ2n) is 5.16. The van der Waals surface area contributed by atoms with Crippen LogP contribution in [-0.2, 0) is 0 Å². The predicted molar refractivity (Wildman–Crippen MR) is 72.7 cm³/mol. The Morgan fingerprint density at radius 2 is 1.95 bits per heavy atom. The highest BCUT2D eigenvalue weighted by atomic mass is 19.1. The molecule has 1 aliphatic carbocycles. The summed E-state index contributed by atoms with van der Waals surface area (Å²) in [7, 11) is 0. The number of nitro groups is 1. The molecule has 0 spiro atoms. The van der Waals surface area contributed by atoms with Crippen molar-refractivity contribution in [2.24, 2.45) is 5.92 Å². The van der Waals surface area contributed by atoms with Crippen molar-refractivity contribution in [1.82, 2.24) is 0 Å². The number of hydrogen-bond acceptors (Lipinski definition) is 3. The highest BCUT2D eigenvalue weighted by Gasteiger charge is 2.15. The van der Waals surface area contributed by atoms with E-state index in [-0.39, 0.29) is 0 Å². The molecule has 4 nitrogen and oxygen atoms in total. The smallest absolute Gasteiger partial charge is 0.306 e. The fourth-order valence-corrected chi connectivity index (χ4v) is 2.59. The zero-order chi connectivity index (χ0) is 13.7. The van der Waals surface area contributed by atoms with Crippen LogP contribution in [0, 0.1) is 21.8 Å². The molecule has 104 valence electrons. The quantitative estimate of drug-likeness (QED) is 0.506. The van der Waals surface area contributed by atoms with E-state index in [9.17, 15) is 14.5 Å². The van der Waals surface area contributed by atoms with Crippen LogP contribution in [0.2, 0.25) is 0 Å². The summed E-state index contributed by atoms with van der Waals surface area (Å²) in [4.78, 5) is 9.97. The van der Waals surface area contributed by atoms with Gasteiger partial charge in [-0.3, -0.25) is 10.1 Å². The van der Waals surface area contributed by atoms with E-state index in [4.69, 9.17) is 0 Å². The fourth-order valence-electron chi connectivity index (χ4n) is 2.59. The van der Waals surface area contributed by atoms with E-state index in [0.717, 1.165) is 12.6 Å². The molecule has 1 fully saturated rings. The van der Waals surface area contributed by atoms with Crippen LogP contribution < -0.4 is 5.32 Å². The van der Waals surface area contributed by atoms with Crippen molar-refractivity contribution in [1.29, 1.82) is 0 Å². The van der Waals surface area contributed by atoms with Gasteiger partial charge in [0.15, 0.2) is 0 Å². The molecule has 0 bridgehead atoms. The lowest BCUT2D eigenvalue weighted by atomic mass is 10.0. The molecule has 0 aliphatic heterocycles. The number of nitro benzene ring substituents is 1. The van der Waals surface area contributed by atoms with Crippen molar-refractivity contribution >= 4 is 11.4 Å². The van der Waals surface area contributed by atoms with Crippen molar-refractivity contribution < 1.29 is 9.31 Å². The standard InChI is InChI=1S/C14H19FN2O2/c15-13-8-7-12(9-14(13)17(18)19)16-10-11-5-3-1-2-4-6-11/h7-9,11,16H,1-6,10H2. The molecule has 1 aliphatic rings. The molecule has 5 heteroatoms. The van der Waals surface area contributed by atoms with Gasteiger partial charge in [-0.15, -0.1) is 0 Å². The second-order valence-corrected chi connectivity index (χ2v) is 5.16. The van der Waals surface area contributed by atoms with E-state index >= 15 is 0 Å². The summed E-state index contributed by atoms with van der Waals surface area (Å²) in [5, 5.41) is 13.9. The van der Waals surface area contributed by atoms with Gasteiger partial charge in [-0.25, -0.2) is 0 Å². The summed E-state index contributed by atoms with van der Waals surface area (Å²) >= 11 is 0. The van der Waals surface area contributed by atoms with E-state index in [1.807, 2.05) is 0 Å². The van der Waals surface area contributed by atoms with Gasteiger partial charge in [0, 0.05) is 18.3 Å². The third-order valence-electron chi connectivity index (χ3n) is 3.71. The molecule has 1 aromatic carbocycles. The molecule has 0 amide bonds. The number of nitrogens with one attached hydrogen (secondary N) is 1. The fraction of sp³-hybridized carbons (Fsp3) is 0.571. The normalized spacial score (nSPS) is 16.9. The summed E-state index contributed by atoms with van der Waals surface area (Å²) in [6.07, 6.45) is 7.54. The Labute approximate surface area is 112 Å². The van der Waals surface area contributed by atoms with E-state index in [1.54, 1.807) is 6.07 Å². The first-order chi connectivity index (χ1) is 9.16. The third-order valence-corrected chi connectivity index (χ3v) is 3.71. The maximum atomic E-state index is 13.2. The molecule has 1 N–H and O–H groups in total. The number of halogens is 1. The van der Waals surface area contributed by atoms with Gasteiger partial charge in [0.05, 0.1) is 4.92 Å². The average molecular weight is 266 g/mol. The molecule has 1 aromatic rings. The molecule has 2 rings (SSSR count). The molecule has 0 saturated heterocycles. The van der Waals surface area contributed by atoms with Crippen LogP contribution in [-0.4, -0.2) is 11.5 Å². The van der Waals surface area contributed by atoms with E-state index in [2.05, 4.69) is 5.32 Å². The monoisotopic (exact) mass is 266 g/mol. The first-order valence-electron chi connectivity index (χ1n) is 6.84. The Bertz CT molecular complexity index is 443. The van der Waals surface area contributed by atoms with E-state index < -0.39 is 16.4 Å². The van der Waals surface area contributed by atoms with Gasteiger partial charge in [0.25, 0.3) is 0 Å². The van der Waals surface area contributed by atoms with Gasteiger partial charge in [-0.05, 0) is 30.9 Å². The second kappa shape index (κ2) is 6.50. The van der Waals surface area contributed by atoms with Gasteiger partial charge in [-0.2, -0.15) is 4.39 Å². The lowest BCUT2D eigenvalue weighted by Gasteiger charge is -2.15. The maximum absolute atomic E-state index is 13.2. The molecule has 19 heavy (non-hydrogen) atoms. The SMILES string of the molecule is O=[N+]([O-])c1cc(NCC2CCCCCC2)ccc1F. The van der Waals surface area contributed by atoms with Gasteiger partial charge in [0.1, 0.15) is 0 Å².